The van der Waals surface area contributed by atoms with E-state index in [9.17, 15) is 4.79 Å². The van der Waals surface area contributed by atoms with Gasteiger partial charge in [-0.25, -0.2) is 0 Å². The molecule has 0 radical (unpaired) electrons. The highest BCUT2D eigenvalue weighted by molar-refractivity contribution is 9.09. The number of hydrogen-bond acceptors (Lipinski definition) is 1. The van der Waals surface area contributed by atoms with Crippen molar-refractivity contribution in [1.29, 1.82) is 0 Å². The Morgan fingerprint density at radius 1 is 1.24 bits per heavy atom. The highest BCUT2D eigenvalue weighted by atomic mass is 79.9. The van der Waals surface area contributed by atoms with E-state index in [0.717, 1.165) is 18.3 Å². The molecule has 1 saturated carbocycles. The first-order chi connectivity index (χ1) is 8.15. The van der Waals surface area contributed by atoms with E-state index in [1.165, 1.54) is 38.5 Å². The third kappa shape index (κ3) is 5.41. The average Bonchev–Trinajstić information content (AvgIpc) is 2.53. The van der Waals surface area contributed by atoms with Crippen LogP contribution in [-0.4, -0.2) is 28.7 Å². The Hall–Kier alpha value is -0.0500. The maximum atomic E-state index is 12.3. The molecule has 0 aliphatic heterocycles. The summed E-state index contributed by atoms with van der Waals surface area (Å²) in [5.41, 5.74) is 0. The van der Waals surface area contributed by atoms with Crippen molar-refractivity contribution < 1.29 is 4.79 Å². The van der Waals surface area contributed by atoms with Crippen LogP contribution in [0.2, 0.25) is 0 Å². The second-order valence-electron chi connectivity index (χ2n) is 5.43. The maximum absolute atomic E-state index is 12.3. The first-order valence-corrected chi connectivity index (χ1v) is 8.12. The Morgan fingerprint density at radius 3 is 2.29 bits per heavy atom. The van der Waals surface area contributed by atoms with E-state index in [1.807, 2.05) is 4.90 Å². The third-order valence-electron chi connectivity index (χ3n) is 3.71. The number of amides is 1. The highest BCUT2D eigenvalue weighted by Gasteiger charge is 2.21. The number of rotatable bonds is 5. The summed E-state index contributed by atoms with van der Waals surface area (Å²) < 4.78 is 0. The molecule has 0 aromatic heterocycles. The molecule has 0 spiro atoms. The molecule has 1 fully saturated rings. The van der Waals surface area contributed by atoms with Gasteiger partial charge in [-0.05, 0) is 32.6 Å². The molecule has 1 rings (SSSR count). The van der Waals surface area contributed by atoms with Crippen molar-refractivity contribution in [2.75, 3.05) is 11.9 Å². The van der Waals surface area contributed by atoms with Crippen molar-refractivity contribution in [3.63, 3.8) is 0 Å². The molecule has 17 heavy (non-hydrogen) atoms. The zero-order valence-electron chi connectivity index (χ0n) is 11.3. The van der Waals surface area contributed by atoms with Crippen LogP contribution in [0.25, 0.3) is 0 Å². The van der Waals surface area contributed by atoms with E-state index in [0.29, 0.717) is 17.9 Å². The molecular formula is C14H26BrNO. The van der Waals surface area contributed by atoms with Crippen LogP contribution in [0.3, 0.4) is 0 Å². The van der Waals surface area contributed by atoms with E-state index in [1.54, 1.807) is 0 Å². The van der Waals surface area contributed by atoms with Crippen LogP contribution in [0.4, 0.5) is 0 Å². The minimum absolute atomic E-state index is 0.325. The molecule has 0 unspecified atom stereocenters. The Bertz CT molecular complexity index is 222. The number of halogens is 1. The number of nitrogens with zero attached hydrogens (tertiary/aromatic N) is 1. The van der Waals surface area contributed by atoms with Gasteiger partial charge in [0, 0.05) is 24.3 Å². The average molecular weight is 304 g/mol. The smallest absolute Gasteiger partial charge is 0.223 e. The summed E-state index contributed by atoms with van der Waals surface area (Å²) in [6.45, 7) is 5.05. The summed E-state index contributed by atoms with van der Waals surface area (Å²) in [4.78, 5) is 14.3. The fourth-order valence-electron chi connectivity index (χ4n) is 2.69. The van der Waals surface area contributed by atoms with Gasteiger partial charge in [0.05, 0.1) is 0 Å². The molecule has 0 aromatic carbocycles. The SMILES string of the molecule is CC(C)N(CCBr)C(=O)CC1CCCCCC1. The monoisotopic (exact) mass is 303 g/mol. The number of carbonyl (C=O) groups is 1. The molecule has 0 atom stereocenters. The second-order valence-corrected chi connectivity index (χ2v) is 6.22. The zero-order valence-corrected chi connectivity index (χ0v) is 12.8. The van der Waals surface area contributed by atoms with Gasteiger partial charge in [-0.2, -0.15) is 0 Å². The van der Waals surface area contributed by atoms with E-state index in [-0.39, 0.29) is 0 Å². The van der Waals surface area contributed by atoms with Crippen LogP contribution < -0.4 is 0 Å². The fourth-order valence-corrected chi connectivity index (χ4v) is 3.08. The largest absolute Gasteiger partial charge is 0.339 e. The van der Waals surface area contributed by atoms with Gasteiger partial charge < -0.3 is 4.90 Å². The lowest BCUT2D eigenvalue weighted by atomic mass is 9.96. The molecule has 100 valence electrons. The van der Waals surface area contributed by atoms with Crippen molar-refractivity contribution in [1.82, 2.24) is 4.90 Å². The van der Waals surface area contributed by atoms with Gasteiger partial charge in [0.2, 0.25) is 5.91 Å². The van der Waals surface area contributed by atoms with Gasteiger partial charge in [0.15, 0.2) is 0 Å². The van der Waals surface area contributed by atoms with Crippen LogP contribution in [-0.2, 0) is 4.79 Å². The summed E-state index contributed by atoms with van der Waals surface area (Å²) >= 11 is 3.43. The summed E-state index contributed by atoms with van der Waals surface area (Å²) in [7, 11) is 0. The molecule has 1 amide bonds. The van der Waals surface area contributed by atoms with Gasteiger partial charge in [-0.3, -0.25) is 4.79 Å². The molecule has 0 aromatic rings. The summed E-state index contributed by atoms with van der Waals surface area (Å²) in [6, 6.07) is 0.325. The summed E-state index contributed by atoms with van der Waals surface area (Å²) in [5, 5.41) is 0.877. The molecule has 0 saturated heterocycles. The van der Waals surface area contributed by atoms with Gasteiger partial charge in [0.25, 0.3) is 0 Å². The molecule has 0 heterocycles. The predicted molar refractivity (Wildman–Crippen MR) is 76.5 cm³/mol. The van der Waals surface area contributed by atoms with Crippen molar-refractivity contribution in [2.24, 2.45) is 5.92 Å². The molecule has 2 nitrogen and oxygen atoms in total. The van der Waals surface area contributed by atoms with E-state index in [4.69, 9.17) is 0 Å². The second kappa shape index (κ2) is 8.12. The van der Waals surface area contributed by atoms with Crippen molar-refractivity contribution >= 4 is 21.8 Å². The normalized spacial score (nSPS) is 18.1. The van der Waals surface area contributed by atoms with Gasteiger partial charge >= 0.3 is 0 Å². The van der Waals surface area contributed by atoms with Gasteiger partial charge in [0.1, 0.15) is 0 Å². The third-order valence-corrected chi connectivity index (χ3v) is 4.06. The lowest BCUT2D eigenvalue weighted by molar-refractivity contribution is -0.133. The standard InChI is InChI=1S/C14H26BrNO/c1-12(2)16(10-9-15)14(17)11-13-7-5-3-4-6-8-13/h12-13H,3-11H2,1-2H3. The Labute approximate surface area is 114 Å². The van der Waals surface area contributed by atoms with Crippen LogP contribution >= 0.6 is 15.9 Å². The van der Waals surface area contributed by atoms with E-state index < -0.39 is 0 Å². The van der Waals surface area contributed by atoms with Crippen molar-refractivity contribution in [3.8, 4) is 0 Å². The number of alkyl halides is 1. The lowest BCUT2D eigenvalue weighted by Crippen LogP contribution is -2.39. The van der Waals surface area contributed by atoms with E-state index >= 15 is 0 Å². The molecule has 1 aliphatic carbocycles. The first kappa shape index (κ1) is 15.0. The van der Waals surface area contributed by atoms with Crippen LogP contribution in [0.1, 0.15) is 58.8 Å². The van der Waals surface area contributed by atoms with Crippen LogP contribution in [0, 0.1) is 5.92 Å². The van der Waals surface area contributed by atoms with E-state index in [2.05, 4.69) is 29.8 Å². The lowest BCUT2D eigenvalue weighted by Gasteiger charge is -2.27. The molecule has 0 N–H and O–H groups in total. The Morgan fingerprint density at radius 2 is 1.82 bits per heavy atom. The topological polar surface area (TPSA) is 20.3 Å². The van der Waals surface area contributed by atoms with Crippen molar-refractivity contribution in [3.05, 3.63) is 0 Å². The van der Waals surface area contributed by atoms with Crippen molar-refractivity contribution in [2.45, 2.75) is 64.8 Å². The van der Waals surface area contributed by atoms with Gasteiger partial charge in [-0.15, -0.1) is 0 Å². The maximum Gasteiger partial charge on any atom is 0.223 e. The Balaban J connectivity index is 2.44. The molecule has 0 bridgehead atoms. The minimum atomic E-state index is 0.325. The van der Waals surface area contributed by atoms with Crippen LogP contribution in [0.15, 0.2) is 0 Å². The number of carbonyl (C=O) groups excluding carboxylic acids is 1. The van der Waals surface area contributed by atoms with Gasteiger partial charge in [-0.1, -0.05) is 41.6 Å². The van der Waals surface area contributed by atoms with Crippen LogP contribution in [0.5, 0.6) is 0 Å². The number of hydrogen-bond donors (Lipinski definition) is 0. The Kier molecular flexibility index (Phi) is 7.17. The molecule has 3 heteroatoms. The minimum Gasteiger partial charge on any atom is -0.339 e. The molecular weight excluding hydrogens is 278 g/mol. The quantitative estimate of drug-likeness (QED) is 0.556. The summed E-state index contributed by atoms with van der Waals surface area (Å²) in [6.07, 6.45) is 8.64. The highest BCUT2D eigenvalue weighted by Crippen LogP contribution is 2.26. The molecule has 1 aliphatic rings. The zero-order chi connectivity index (χ0) is 12.7. The first-order valence-electron chi connectivity index (χ1n) is 7.00. The fraction of sp³-hybridized carbons (Fsp3) is 0.929. The predicted octanol–water partition coefficient (Wildman–Crippen LogP) is 3.98. The summed E-state index contributed by atoms with van der Waals surface area (Å²) in [5.74, 6) is 0.993.